The van der Waals surface area contributed by atoms with Crippen LogP contribution in [0.2, 0.25) is 0 Å². The maximum Gasteiger partial charge on any atom is 0.385 e. The highest BCUT2D eigenvalue weighted by atomic mass is 31.2. The van der Waals surface area contributed by atoms with Crippen LogP contribution < -0.4 is 0 Å². The second kappa shape index (κ2) is 19.3. The van der Waals surface area contributed by atoms with E-state index in [1.54, 1.807) is 0 Å². The van der Waals surface area contributed by atoms with Gasteiger partial charge < -0.3 is 13.9 Å². The molecule has 0 heterocycles. The molecule has 0 aliphatic heterocycles. The molecular weight excluding hydrogens is 405 g/mol. The fourth-order valence-electron chi connectivity index (χ4n) is 4.33. The molecule has 0 saturated carbocycles. The van der Waals surface area contributed by atoms with Gasteiger partial charge in [0.05, 0.1) is 27.7 Å². The van der Waals surface area contributed by atoms with E-state index in [0.29, 0.717) is 17.5 Å². The van der Waals surface area contributed by atoms with E-state index in [1.807, 2.05) is 28.1 Å². The van der Waals surface area contributed by atoms with Gasteiger partial charge in [-0.2, -0.15) is 0 Å². The Bertz CT molecular complexity index is 474. The van der Waals surface area contributed by atoms with Gasteiger partial charge in [-0.3, -0.25) is 4.57 Å². The Kier molecular flexibility index (Phi) is 19.2. The first-order valence-corrected chi connectivity index (χ1v) is 14.8. The molecule has 0 spiro atoms. The highest BCUT2D eigenvalue weighted by Crippen LogP contribution is 2.51. The fraction of sp³-hybridized carbons (Fsp3) is 0.923. The van der Waals surface area contributed by atoms with Crippen molar-refractivity contribution >= 4 is 7.60 Å². The average molecular weight is 461 g/mol. The third-order valence-corrected chi connectivity index (χ3v) is 8.53. The third kappa shape index (κ3) is 18.0. The zero-order valence-corrected chi connectivity index (χ0v) is 22.5. The molecule has 0 aliphatic carbocycles. The third-order valence-electron chi connectivity index (χ3n) is 6.16. The summed E-state index contributed by atoms with van der Waals surface area (Å²) >= 11 is 0. The summed E-state index contributed by atoms with van der Waals surface area (Å²) in [4.78, 5) is 10.3. The van der Waals surface area contributed by atoms with Crippen LogP contribution in [-0.2, 0) is 9.09 Å². The predicted molar refractivity (Wildman–Crippen MR) is 137 cm³/mol. The van der Waals surface area contributed by atoms with Crippen LogP contribution in [0, 0.1) is 0 Å². The van der Waals surface area contributed by atoms with Gasteiger partial charge >= 0.3 is 7.60 Å². The van der Waals surface area contributed by atoms with Crippen molar-refractivity contribution in [2.24, 2.45) is 0 Å². The first-order chi connectivity index (χ1) is 14.8. The van der Waals surface area contributed by atoms with Gasteiger partial charge in [0.15, 0.2) is 5.78 Å². The van der Waals surface area contributed by atoms with Crippen molar-refractivity contribution in [3.8, 4) is 0 Å². The van der Waals surface area contributed by atoms with Crippen LogP contribution in [0.4, 0.5) is 0 Å². The minimum absolute atomic E-state index is 0.347. The van der Waals surface area contributed by atoms with E-state index >= 15 is 0 Å². The van der Waals surface area contributed by atoms with E-state index in [1.165, 1.54) is 89.9 Å². The van der Waals surface area contributed by atoms with Gasteiger partial charge in [-0.05, 0) is 26.2 Å². The molecule has 186 valence electrons. The Balaban J connectivity index is 3.41. The average Bonchev–Trinajstić information content (AvgIpc) is 2.68. The first-order valence-electron chi connectivity index (χ1n) is 13.1. The highest BCUT2D eigenvalue weighted by Gasteiger charge is 2.41. The summed E-state index contributed by atoms with van der Waals surface area (Å²) in [6, 6.07) is 0. The number of unbranched alkanes of at least 4 members (excludes halogenated alkanes) is 15. The van der Waals surface area contributed by atoms with Gasteiger partial charge in [-0.1, -0.05) is 103 Å². The number of rotatable bonds is 22. The molecule has 5 heteroatoms. The Hall–Kier alpha value is -0.150. The van der Waals surface area contributed by atoms with Crippen LogP contribution in [0.25, 0.3) is 0 Å². The summed E-state index contributed by atoms with van der Waals surface area (Å²) in [5.41, 5.74) is 0. The standard InChI is InChI=1S/C26H54NO3P/c1-6-8-9-10-11-12-13-14-15-16-17-18-19-20-21-22-23-24-25-30-31(28,29)26(7-2)27(3,4)5/h6,8,26H,7,9-25H2,1-5H3/p+1. The van der Waals surface area contributed by atoms with Gasteiger partial charge in [0.2, 0.25) is 0 Å². The van der Waals surface area contributed by atoms with Crippen LogP contribution in [0.15, 0.2) is 12.2 Å². The predicted octanol–water partition coefficient (Wildman–Crippen LogP) is 8.45. The number of allylic oxidation sites excluding steroid dienone is 2. The lowest BCUT2D eigenvalue weighted by Gasteiger charge is -2.35. The van der Waals surface area contributed by atoms with Crippen molar-refractivity contribution in [2.45, 2.75) is 129 Å². The molecule has 0 aliphatic rings. The van der Waals surface area contributed by atoms with Gasteiger partial charge in [0.25, 0.3) is 0 Å². The number of quaternary nitrogens is 1. The molecule has 0 amide bonds. The lowest BCUT2D eigenvalue weighted by Crippen LogP contribution is -2.44. The van der Waals surface area contributed by atoms with Crippen LogP contribution in [0.1, 0.15) is 123 Å². The van der Waals surface area contributed by atoms with Gasteiger partial charge in [0, 0.05) is 6.42 Å². The molecule has 4 nitrogen and oxygen atoms in total. The topological polar surface area (TPSA) is 46.5 Å². The molecule has 0 rings (SSSR count). The van der Waals surface area contributed by atoms with Crippen LogP contribution in [-0.4, -0.2) is 42.9 Å². The van der Waals surface area contributed by atoms with E-state index in [0.717, 1.165) is 12.8 Å². The maximum atomic E-state index is 12.5. The van der Waals surface area contributed by atoms with Gasteiger partial charge in [-0.15, -0.1) is 0 Å². The number of hydrogen-bond acceptors (Lipinski definition) is 2. The Morgan fingerprint density at radius 2 is 1.16 bits per heavy atom. The number of nitrogens with zero attached hydrogens (tertiary/aromatic N) is 1. The van der Waals surface area contributed by atoms with Crippen molar-refractivity contribution in [3.05, 3.63) is 12.2 Å². The lowest BCUT2D eigenvalue weighted by molar-refractivity contribution is -0.883. The van der Waals surface area contributed by atoms with Crippen molar-refractivity contribution < 1.29 is 18.5 Å². The van der Waals surface area contributed by atoms with E-state index in [2.05, 4.69) is 19.1 Å². The normalized spacial score (nSPS) is 15.4. The number of hydrogen-bond donors (Lipinski definition) is 1. The van der Waals surface area contributed by atoms with Crippen LogP contribution in [0.5, 0.6) is 0 Å². The van der Waals surface area contributed by atoms with Crippen molar-refractivity contribution in [1.29, 1.82) is 0 Å². The van der Waals surface area contributed by atoms with E-state index in [-0.39, 0.29) is 5.78 Å². The molecule has 0 aromatic carbocycles. The zero-order chi connectivity index (χ0) is 23.4. The van der Waals surface area contributed by atoms with E-state index < -0.39 is 7.60 Å². The van der Waals surface area contributed by atoms with Crippen molar-refractivity contribution in [2.75, 3.05) is 27.7 Å². The fourth-order valence-corrected chi connectivity index (χ4v) is 6.23. The molecule has 0 saturated heterocycles. The van der Waals surface area contributed by atoms with Crippen molar-refractivity contribution in [3.63, 3.8) is 0 Å². The molecule has 0 fully saturated rings. The van der Waals surface area contributed by atoms with Gasteiger partial charge in [-0.25, -0.2) is 0 Å². The molecule has 0 bridgehead atoms. The highest BCUT2D eigenvalue weighted by molar-refractivity contribution is 7.53. The van der Waals surface area contributed by atoms with E-state index in [4.69, 9.17) is 4.52 Å². The second-order valence-corrected chi connectivity index (χ2v) is 12.0. The molecule has 1 N–H and O–H groups in total. The minimum atomic E-state index is -3.55. The summed E-state index contributed by atoms with van der Waals surface area (Å²) in [5, 5.41) is 0. The summed E-state index contributed by atoms with van der Waals surface area (Å²) in [6.07, 6.45) is 26.1. The molecule has 0 aromatic rings. The largest absolute Gasteiger partial charge is 0.385 e. The van der Waals surface area contributed by atoms with Crippen molar-refractivity contribution in [1.82, 2.24) is 0 Å². The summed E-state index contributed by atoms with van der Waals surface area (Å²) in [6.45, 7) is 4.46. The maximum absolute atomic E-state index is 12.5. The van der Waals surface area contributed by atoms with Crippen LogP contribution >= 0.6 is 7.60 Å². The Morgan fingerprint density at radius 3 is 1.52 bits per heavy atom. The minimum Gasteiger partial charge on any atom is -0.320 e. The molecule has 2 atom stereocenters. The Morgan fingerprint density at radius 1 is 0.774 bits per heavy atom. The van der Waals surface area contributed by atoms with E-state index in [9.17, 15) is 9.46 Å². The molecular formula is C26H55NO3P+. The summed E-state index contributed by atoms with van der Waals surface area (Å²) < 4.78 is 18.4. The zero-order valence-electron chi connectivity index (χ0n) is 21.6. The monoisotopic (exact) mass is 460 g/mol. The molecule has 2 unspecified atom stereocenters. The molecule has 31 heavy (non-hydrogen) atoms. The quantitative estimate of drug-likeness (QED) is 0.0763. The SMILES string of the molecule is CC=CCCCCCCCCCCCCCCCCCOP(=O)(O)C(CC)[N+](C)(C)C. The summed E-state index contributed by atoms with van der Waals surface area (Å²) in [7, 11) is 2.31. The Labute approximate surface area is 195 Å². The van der Waals surface area contributed by atoms with Gasteiger partial charge in [0.1, 0.15) is 0 Å². The van der Waals surface area contributed by atoms with Crippen LogP contribution in [0.3, 0.4) is 0 Å². The smallest absolute Gasteiger partial charge is 0.320 e. The molecule has 0 aromatic heterocycles. The lowest BCUT2D eigenvalue weighted by atomic mass is 10.0. The second-order valence-electron chi connectivity index (χ2n) is 10.1. The first kappa shape index (κ1) is 30.9. The molecule has 0 radical (unpaired) electrons. The summed E-state index contributed by atoms with van der Waals surface area (Å²) in [5.74, 6) is -0.347.